The predicted molar refractivity (Wildman–Crippen MR) is 86.9 cm³/mol. The van der Waals surface area contributed by atoms with Crippen LogP contribution in [-0.4, -0.2) is 25.6 Å². The number of rotatable bonds is 4. The van der Waals surface area contributed by atoms with E-state index in [0.717, 1.165) is 11.3 Å². The molecule has 0 fully saturated rings. The normalized spacial score (nSPS) is 16.3. The van der Waals surface area contributed by atoms with Crippen LogP contribution >= 0.6 is 0 Å². The third-order valence-electron chi connectivity index (χ3n) is 4.10. The van der Waals surface area contributed by atoms with Gasteiger partial charge in [-0.15, -0.1) is 0 Å². The van der Waals surface area contributed by atoms with E-state index in [-0.39, 0.29) is 30.0 Å². The lowest BCUT2D eigenvalue weighted by Crippen LogP contribution is -2.43. The van der Waals surface area contributed by atoms with Crippen LogP contribution in [0.4, 0.5) is 14.5 Å². The quantitative estimate of drug-likeness (QED) is 0.936. The molecule has 24 heavy (non-hydrogen) atoms. The highest BCUT2D eigenvalue weighted by atomic mass is 19.1. The van der Waals surface area contributed by atoms with Crippen molar-refractivity contribution < 1.29 is 18.3 Å². The zero-order chi connectivity index (χ0) is 17.1. The number of amides is 1. The molecule has 0 spiro atoms. The number of halogens is 2. The second kappa shape index (κ2) is 6.86. The van der Waals surface area contributed by atoms with Gasteiger partial charge in [0.1, 0.15) is 24.0 Å². The van der Waals surface area contributed by atoms with Crippen molar-refractivity contribution in [3.05, 3.63) is 59.7 Å². The van der Waals surface area contributed by atoms with Gasteiger partial charge >= 0.3 is 0 Å². The Balaban J connectivity index is 1.57. The molecule has 1 heterocycles. The number of hydrogen-bond acceptors (Lipinski definition) is 3. The van der Waals surface area contributed by atoms with Gasteiger partial charge in [-0.05, 0) is 29.8 Å². The van der Waals surface area contributed by atoms with Gasteiger partial charge in [0.15, 0.2) is 0 Å². The summed E-state index contributed by atoms with van der Waals surface area (Å²) in [4.78, 5) is 14.1. The highest BCUT2D eigenvalue weighted by molar-refractivity contribution is 5.77. The van der Waals surface area contributed by atoms with Gasteiger partial charge < -0.3 is 15.0 Å². The summed E-state index contributed by atoms with van der Waals surface area (Å²) in [6, 6.07) is 10.2. The van der Waals surface area contributed by atoms with Crippen LogP contribution in [0, 0.1) is 11.6 Å². The van der Waals surface area contributed by atoms with E-state index >= 15 is 0 Å². The minimum absolute atomic E-state index is 0.120. The molecule has 0 unspecified atom stereocenters. The summed E-state index contributed by atoms with van der Waals surface area (Å²) in [7, 11) is 1.86. The molecule has 6 heteroatoms. The van der Waals surface area contributed by atoms with Gasteiger partial charge in [-0.1, -0.05) is 12.1 Å². The van der Waals surface area contributed by atoms with Gasteiger partial charge in [-0.2, -0.15) is 0 Å². The molecule has 1 atom stereocenters. The lowest BCUT2D eigenvalue weighted by atomic mass is 10.1. The smallest absolute Gasteiger partial charge is 0.222 e. The third kappa shape index (κ3) is 3.64. The molecular weight excluding hydrogens is 314 g/mol. The van der Waals surface area contributed by atoms with Crippen LogP contribution in [0.1, 0.15) is 12.0 Å². The SMILES string of the molecule is CN1c2ccc(F)cc2OC[C@H]1CC(=O)NCc1ccc(F)cc1. The van der Waals surface area contributed by atoms with E-state index in [1.165, 1.54) is 24.3 Å². The number of hydrogen-bond donors (Lipinski definition) is 1. The zero-order valence-electron chi connectivity index (χ0n) is 13.3. The maximum absolute atomic E-state index is 13.2. The van der Waals surface area contributed by atoms with Crippen LogP contribution in [0.3, 0.4) is 0 Å². The van der Waals surface area contributed by atoms with E-state index in [9.17, 15) is 13.6 Å². The van der Waals surface area contributed by atoms with Crippen molar-refractivity contribution in [3.63, 3.8) is 0 Å². The summed E-state index contributed by atoms with van der Waals surface area (Å²) in [5.41, 5.74) is 1.60. The van der Waals surface area contributed by atoms with Crippen molar-refractivity contribution in [2.45, 2.75) is 19.0 Å². The number of carbonyl (C=O) groups is 1. The van der Waals surface area contributed by atoms with E-state index < -0.39 is 0 Å². The first-order valence-electron chi connectivity index (χ1n) is 7.69. The molecule has 0 saturated heterocycles. The molecule has 0 radical (unpaired) electrons. The molecule has 0 bridgehead atoms. The Bertz CT molecular complexity index is 734. The fourth-order valence-corrected chi connectivity index (χ4v) is 2.67. The summed E-state index contributed by atoms with van der Waals surface area (Å²) >= 11 is 0. The van der Waals surface area contributed by atoms with Gasteiger partial charge in [-0.3, -0.25) is 4.79 Å². The van der Waals surface area contributed by atoms with Crippen molar-refractivity contribution in [1.29, 1.82) is 0 Å². The minimum Gasteiger partial charge on any atom is -0.489 e. The second-order valence-corrected chi connectivity index (χ2v) is 5.80. The third-order valence-corrected chi connectivity index (χ3v) is 4.10. The summed E-state index contributed by atoms with van der Waals surface area (Å²) in [5, 5.41) is 2.82. The van der Waals surface area contributed by atoms with E-state index in [1.54, 1.807) is 18.2 Å². The summed E-state index contributed by atoms with van der Waals surface area (Å²) < 4.78 is 31.6. The Labute approximate surface area is 139 Å². The average molecular weight is 332 g/mol. The molecule has 1 aliphatic heterocycles. The molecule has 3 rings (SSSR count). The first-order valence-corrected chi connectivity index (χ1v) is 7.69. The molecule has 2 aromatic rings. The molecule has 1 aliphatic rings. The predicted octanol–water partition coefficient (Wildman–Crippen LogP) is 2.87. The number of ether oxygens (including phenoxy) is 1. The zero-order valence-corrected chi connectivity index (χ0v) is 13.3. The van der Waals surface area contributed by atoms with Crippen LogP contribution in [-0.2, 0) is 11.3 Å². The van der Waals surface area contributed by atoms with Crippen LogP contribution < -0.4 is 15.0 Å². The van der Waals surface area contributed by atoms with Crippen LogP contribution in [0.5, 0.6) is 5.75 Å². The molecule has 0 saturated carbocycles. The maximum Gasteiger partial charge on any atom is 0.222 e. The first-order chi connectivity index (χ1) is 11.5. The summed E-state index contributed by atoms with van der Waals surface area (Å²) in [6.45, 7) is 0.662. The topological polar surface area (TPSA) is 41.6 Å². The highest BCUT2D eigenvalue weighted by Gasteiger charge is 2.26. The van der Waals surface area contributed by atoms with E-state index in [4.69, 9.17) is 4.74 Å². The monoisotopic (exact) mass is 332 g/mol. The Morgan fingerprint density at radius 1 is 1.21 bits per heavy atom. The molecule has 1 amide bonds. The molecule has 4 nitrogen and oxygen atoms in total. The fraction of sp³-hybridized carbons (Fsp3) is 0.278. The standard InChI is InChI=1S/C18H18F2N2O2/c1-22-15(11-24-17-8-14(20)6-7-16(17)22)9-18(23)21-10-12-2-4-13(19)5-3-12/h2-8,15H,9-11H2,1H3,(H,21,23)/t15-/m1/s1. The van der Waals surface area contributed by atoms with Crippen molar-refractivity contribution >= 4 is 11.6 Å². The first kappa shape index (κ1) is 16.2. The van der Waals surface area contributed by atoms with Crippen molar-refractivity contribution in [3.8, 4) is 5.75 Å². The number of nitrogens with one attached hydrogen (secondary N) is 1. The number of carbonyl (C=O) groups excluding carboxylic acids is 1. The number of benzene rings is 2. The van der Waals surface area contributed by atoms with E-state index in [2.05, 4.69) is 5.32 Å². The van der Waals surface area contributed by atoms with Gasteiger partial charge in [0.2, 0.25) is 5.91 Å². The van der Waals surface area contributed by atoms with Crippen LogP contribution in [0.2, 0.25) is 0 Å². The number of fused-ring (bicyclic) bond motifs is 1. The Hall–Kier alpha value is -2.63. The lowest BCUT2D eigenvalue weighted by molar-refractivity contribution is -0.121. The Kier molecular flexibility index (Phi) is 4.64. The molecule has 1 N–H and O–H groups in total. The molecule has 2 aromatic carbocycles. The Morgan fingerprint density at radius 2 is 1.92 bits per heavy atom. The second-order valence-electron chi connectivity index (χ2n) is 5.80. The molecule has 0 aliphatic carbocycles. The largest absolute Gasteiger partial charge is 0.489 e. The summed E-state index contributed by atoms with van der Waals surface area (Å²) in [5.74, 6) is -0.287. The number of likely N-dealkylation sites (N-methyl/N-ethyl adjacent to an activating group) is 1. The Morgan fingerprint density at radius 3 is 2.67 bits per heavy atom. The fourth-order valence-electron chi connectivity index (χ4n) is 2.67. The van der Waals surface area contributed by atoms with E-state index in [1.807, 2.05) is 11.9 Å². The average Bonchev–Trinajstić information content (AvgIpc) is 2.57. The van der Waals surface area contributed by atoms with Crippen molar-refractivity contribution in [2.24, 2.45) is 0 Å². The van der Waals surface area contributed by atoms with Gasteiger partial charge in [0.25, 0.3) is 0 Å². The molecule has 0 aromatic heterocycles. The highest BCUT2D eigenvalue weighted by Crippen LogP contribution is 2.34. The lowest BCUT2D eigenvalue weighted by Gasteiger charge is -2.35. The number of anilines is 1. The van der Waals surface area contributed by atoms with Gasteiger partial charge in [-0.25, -0.2) is 8.78 Å². The van der Waals surface area contributed by atoms with Crippen molar-refractivity contribution in [1.82, 2.24) is 5.32 Å². The number of nitrogens with zero attached hydrogens (tertiary/aromatic N) is 1. The van der Waals surface area contributed by atoms with Gasteiger partial charge in [0.05, 0.1) is 18.2 Å². The van der Waals surface area contributed by atoms with E-state index in [0.29, 0.717) is 18.9 Å². The minimum atomic E-state index is -0.349. The molecular formula is C18H18F2N2O2. The van der Waals surface area contributed by atoms with Crippen molar-refractivity contribution in [2.75, 3.05) is 18.6 Å². The maximum atomic E-state index is 13.2. The van der Waals surface area contributed by atoms with Crippen LogP contribution in [0.15, 0.2) is 42.5 Å². The van der Waals surface area contributed by atoms with Gasteiger partial charge in [0, 0.05) is 19.7 Å². The molecule has 126 valence electrons. The summed E-state index contributed by atoms with van der Waals surface area (Å²) in [6.07, 6.45) is 0.258. The van der Waals surface area contributed by atoms with Crippen LogP contribution in [0.25, 0.3) is 0 Å².